The molecule has 1 heterocycles. The minimum atomic E-state index is 0.600. The van der Waals surface area contributed by atoms with Crippen LogP contribution in [0.3, 0.4) is 0 Å². The Kier molecular flexibility index (Phi) is 4.40. The van der Waals surface area contributed by atoms with E-state index in [4.69, 9.17) is 21.1 Å². The number of alkyl halides is 1. The van der Waals surface area contributed by atoms with Crippen LogP contribution in [0, 0.1) is 0 Å². The summed E-state index contributed by atoms with van der Waals surface area (Å²) in [4.78, 5) is 4.03. The molecule has 0 aliphatic heterocycles. The molecule has 0 radical (unpaired) electrons. The van der Waals surface area contributed by atoms with Gasteiger partial charge in [-0.15, -0.1) is 11.6 Å². The van der Waals surface area contributed by atoms with Crippen LogP contribution in [0.2, 0.25) is 0 Å². The number of nitrogens with zero attached hydrogens (tertiary/aromatic N) is 1. The lowest BCUT2D eigenvalue weighted by molar-refractivity contribution is 0.304. The fourth-order valence-corrected chi connectivity index (χ4v) is 0.913. The molecule has 0 bridgehead atoms. The van der Waals surface area contributed by atoms with Crippen LogP contribution in [0.15, 0.2) is 18.3 Å². The molecule has 72 valence electrons. The average molecular weight is 202 g/mol. The molecule has 1 aromatic rings. The summed E-state index contributed by atoms with van der Waals surface area (Å²) in [6.07, 6.45) is 2.45. The molecule has 0 fully saturated rings. The minimum absolute atomic E-state index is 0.600. The number of rotatable bonds is 5. The summed E-state index contributed by atoms with van der Waals surface area (Å²) in [7, 11) is 1.60. The Hall–Kier alpha value is -0.960. The summed E-state index contributed by atoms with van der Waals surface area (Å²) in [5, 5.41) is 0. The van der Waals surface area contributed by atoms with E-state index in [1.54, 1.807) is 19.4 Å². The van der Waals surface area contributed by atoms with Gasteiger partial charge in [-0.1, -0.05) is 0 Å². The first-order valence-corrected chi connectivity index (χ1v) is 4.59. The van der Waals surface area contributed by atoms with Gasteiger partial charge in [-0.05, 0) is 12.5 Å². The molecule has 0 N–H and O–H groups in total. The average Bonchev–Trinajstić information content (AvgIpc) is 2.19. The number of halogens is 1. The molecule has 0 atom stereocenters. The molecule has 3 nitrogen and oxygen atoms in total. The molecule has 0 aliphatic carbocycles. The summed E-state index contributed by atoms with van der Waals surface area (Å²) in [5.41, 5.74) is 0. The van der Waals surface area contributed by atoms with Gasteiger partial charge in [-0.25, -0.2) is 4.98 Å². The van der Waals surface area contributed by atoms with E-state index in [2.05, 4.69) is 4.98 Å². The van der Waals surface area contributed by atoms with Gasteiger partial charge in [0.1, 0.15) is 5.75 Å². The zero-order chi connectivity index (χ0) is 9.52. The first-order valence-electron chi connectivity index (χ1n) is 4.05. The van der Waals surface area contributed by atoms with Gasteiger partial charge in [0, 0.05) is 11.9 Å². The Balaban J connectivity index is 2.40. The SMILES string of the molecule is COc1ccc(OCCCCl)nc1. The van der Waals surface area contributed by atoms with Gasteiger partial charge in [-0.2, -0.15) is 0 Å². The van der Waals surface area contributed by atoms with Crippen LogP contribution in [0.4, 0.5) is 0 Å². The number of ether oxygens (including phenoxy) is 2. The van der Waals surface area contributed by atoms with Gasteiger partial charge in [0.25, 0.3) is 0 Å². The van der Waals surface area contributed by atoms with Crippen molar-refractivity contribution >= 4 is 11.6 Å². The lowest BCUT2D eigenvalue weighted by atomic mass is 10.4. The third-order valence-electron chi connectivity index (χ3n) is 1.47. The van der Waals surface area contributed by atoms with Crippen molar-refractivity contribution in [1.82, 2.24) is 4.98 Å². The Morgan fingerprint density at radius 1 is 1.46 bits per heavy atom. The first-order chi connectivity index (χ1) is 6.36. The predicted molar refractivity (Wildman–Crippen MR) is 51.6 cm³/mol. The number of hydrogen-bond acceptors (Lipinski definition) is 3. The summed E-state index contributed by atoms with van der Waals surface area (Å²) < 4.78 is 10.3. The highest BCUT2D eigenvalue weighted by Crippen LogP contribution is 2.12. The minimum Gasteiger partial charge on any atom is -0.495 e. The fourth-order valence-electron chi connectivity index (χ4n) is 0.804. The van der Waals surface area contributed by atoms with E-state index in [9.17, 15) is 0 Å². The molecular formula is C9H12ClNO2. The molecule has 4 heteroatoms. The van der Waals surface area contributed by atoms with E-state index in [1.165, 1.54) is 0 Å². The number of aromatic nitrogens is 1. The van der Waals surface area contributed by atoms with Crippen LogP contribution in [0.1, 0.15) is 6.42 Å². The molecule has 1 aromatic heterocycles. The first kappa shape index (κ1) is 10.1. The fraction of sp³-hybridized carbons (Fsp3) is 0.444. The van der Waals surface area contributed by atoms with Crippen LogP contribution < -0.4 is 9.47 Å². The van der Waals surface area contributed by atoms with Crippen molar-refractivity contribution in [2.75, 3.05) is 19.6 Å². The van der Waals surface area contributed by atoms with Gasteiger partial charge >= 0.3 is 0 Å². The van der Waals surface area contributed by atoms with Gasteiger partial charge in [0.05, 0.1) is 19.9 Å². The third kappa shape index (κ3) is 3.51. The van der Waals surface area contributed by atoms with Crippen LogP contribution in [-0.2, 0) is 0 Å². The van der Waals surface area contributed by atoms with Crippen molar-refractivity contribution in [2.24, 2.45) is 0 Å². The molecule has 0 aromatic carbocycles. The number of hydrogen-bond donors (Lipinski definition) is 0. The maximum absolute atomic E-state index is 5.50. The second-order valence-corrected chi connectivity index (χ2v) is 2.81. The summed E-state index contributed by atoms with van der Waals surface area (Å²) in [5.74, 6) is 1.94. The van der Waals surface area contributed by atoms with Crippen molar-refractivity contribution in [3.63, 3.8) is 0 Å². The molecule has 0 amide bonds. The van der Waals surface area contributed by atoms with Crippen LogP contribution in [-0.4, -0.2) is 24.6 Å². The predicted octanol–water partition coefficient (Wildman–Crippen LogP) is 2.10. The molecular weight excluding hydrogens is 190 g/mol. The summed E-state index contributed by atoms with van der Waals surface area (Å²) in [6, 6.07) is 3.58. The highest BCUT2D eigenvalue weighted by Gasteiger charge is 1.95. The van der Waals surface area contributed by atoms with Gasteiger partial charge < -0.3 is 9.47 Å². The topological polar surface area (TPSA) is 31.4 Å². The Labute approximate surface area is 82.6 Å². The second kappa shape index (κ2) is 5.65. The zero-order valence-corrected chi connectivity index (χ0v) is 8.25. The second-order valence-electron chi connectivity index (χ2n) is 2.43. The normalized spacial score (nSPS) is 9.69. The smallest absolute Gasteiger partial charge is 0.213 e. The monoisotopic (exact) mass is 201 g/mol. The largest absolute Gasteiger partial charge is 0.495 e. The molecule has 0 unspecified atom stereocenters. The molecule has 0 spiro atoms. The highest BCUT2D eigenvalue weighted by molar-refractivity contribution is 6.17. The van der Waals surface area contributed by atoms with Crippen LogP contribution in [0.5, 0.6) is 11.6 Å². The summed E-state index contributed by atoms with van der Waals surface area (Å²) in [6.45, 7) is 0.600. The van der Waals surface area contributed by atoms with Crippen LogP contribution in [0.25, 0.3) is 0 Å². The Morgan fingerprint density at radius 3 is 2.85 bits per heavy atom. The molecule has 0 saturated carbocycles. The quantitative estimate of drug-likeness (QED) is 0.540. The van der Waals surface area contributed by atoms with Gasteiger partial charge in [-0.3, -0.25) is 0 Å². The third-order valence-corrected chi connectivity index (χ3v) is 1.74. The molecule has 0 saturated heterocycles. The number of methoxy groups -OCH3 is 1. The van der Waals surface area contributed by atoms with Crippen molar-refractivity contribution in [1.29, 1.82) is 0 Å². The number of pyridine rings is 1. The van der Waals surface area contributed by atoms with Gasteiger partial charge in [0.15, 0.2) is 0 Å². The lowest BCUT2D eigenvalue weighted by Gasteiger charge is -2.04. The molecule has 0 aliphatic rings. The summed E-state index contributed by atoms with van der Waals surface area (Å²) >= 11 is 5.50. The van der Waals surface area contributed by atoms with E-state index in [-0.39, 0.29) is 0 Å². The lowest BCUT2D eigenvalue weighted by Crippen LogP contribution is -1.99. The Morgan fingerprint density at radius 2 is 2.31 bits per heavy atom. The maximum atomic E-state index is 5.50. The van der Waals surface area contributed by atoms with Gasteiger partial charge in [0.2, 0.25) is 5.88 Å². The van der Waals surface area contributed by atoms with Crippen molar-refractivity contribution in [2.45, 2.75) is 6.42 Å². The maximum Gasteiger partial charge on any atom is 0.213 e. The van der Waals surface area contributed by atoms with E-state index in [1.807, 2.05) is 6.07 Å². The molecule has 13 heavy (non-hydrogen) atoms. The standard InChI is InChI=1S/C9H12ClNO2/c1-12-8-3-4-9(11-7-8)13-6-2-5-10/h3-4,7H,2,5-6H2,1H3. The van der Waals surface area contributed by atoms with E-state index in [0.29, 0.717) is 18.4 Å². The van der Waals surface area contributed by atoms with Crippen LogP contribution >= 0.6 is 11.6 Å². The zero-order valence-electron chi connectivity index (χ0n) is 7.50. The molecule has 1 rings (SSSR count). The van der Waals surface area contributed by atoms with E-state index < -0.39 is 0 Å². The highest BCUT2D eigenvalue weighted by atomic mass is 35.5. The van der Waals surface area contributed by atoms with E-state index >= 15 is 0 Å². The Bertz CT molecular complexity index is 238. The van der Waals surface area contributed by atoms with Crippen molar-refractivity contribution in [3.05, 3.63) is 18.3 Å². The van der Waals surface area contributed by atoms with E-state index in [0.717, 1.165) is 12.2 Å². The van der Waals surface area contributed by atoms with Crippen molar-refractivity contribution < 1.29 is 9.47 Å². The van der Waals surface area contributed by atoms with Crippen molar-refractivity contribution in [3.8, 4) is 11.6 Å².